The van der Waals surface area contributed by atoms with Crippen LogP contribution >= 0.6 is 0 Å². The molecule has 1 aromatic carbocycles. The average Bonchev–Trinajstić information content (AvgIpc) is 2.36. The summed E-state index contributed by atoms with van der Waals surface area (Å²) in [6, 6.07) is 5.95. The second-order valence-electron chi connectivity index (χ2n) is 5.37. The molecule has 1 aromatic rings. The zero-order valence-electron chi connectivity index (χ0n) is 10.8. The summed E-state index contributed by atoms with van der Waals surface area (Å²) in [5.41, 5.74) is 8.24. The van der Waals surface area contributed by atoms with E-state index >= 15 is 0 Å². The summed E-state index contributed by atoms with van der Waals surface area (Å²) in [6.07, 6.45) is 2.35. The van der Waals surface area contributed by atoms with Crippen molar-refractivity contribution < 1.29 is 9.47 Å². The van der Waals surface area contributed by atoms with Gasteiger partial charge in [0, 0.05) is 31.7 Å². The molecule has 4 heteroatoms. The average molecular weight is 248 g/mol. The van der Waals surface area contributed by atoms with Crippen LogP contribution in [0.5, 0.6) is 5.75 Å². The summed E-state index contributed by atoms with van der Waals surface area (Å²) in [6.45, 7) is 4.00. The van der Waals surface area contributed by atoms with Crippen molar-refractivity contribution >= 4 is 11.4 Å². The smallest absolute Gasteiger partial charge is 0.165 e. The predicted octanol–water partition coefficient (Wildman–Crippen LogP) is 1.89. The molecule has 2 aliphatic heterocycles. The van der Waals surface area contributed by atoms with Gasteiger partial charge in [-0.15, -0.1) is 0 Å². The first kappa shape index (κ1) is 11.7. The second kappa shape index (κ2) is 4.35. The maximum absolute atomic E-state index is 5.95. The molecule has 0 bridgehead atoms. The number of methoxy groups -OCH3 is 1. The Kier molecular flexibility index (Phi) is 2.82. The highest BCUT2D eigenvalue weighted by Gasteiger charge is 2.44. The SMILES string of the molecule is COc1c(N)cccc1N1CC2(CCOCC2)C1. The monoisotopic (exact) mass is 248 g/mol. The minimum Gasteiger partial charge on any atom is -0.492 e. The van der Waals surface area contributed by atoms with Crippen molar-refractivity contribution in [1.82, 2.24) is 0 Å². The van der Waals surface area contributed by atoms with Crippen LogP contribution in [0, 0.1) is 5.41 Å². The lowest BCUT2D eigenvalue weighted by molar-refractivity contribution is -0.000308. The van der Waals surface area contributed by atoms with E-state index in [4.69, 9.17) is 15.2 Å². The lowest BCUT2D eigenvalue weighted by Gasteiger charge is -2.53. The van der Waals surface area contributed by atoms with E-state index < -0.39 is 0 Å². The van der Waals surface area contributed by atoms with Crippen molar-refractivity contribution in [2.24, 2.45) is 5.41 Å². The van der Waals surface area contributed by atoms with Crippen LogP contribution in [-0.4, -0.2) is 33.4 Å². The standard InChI is InChI=1S/C14H20N2O2/c1-17-13-11(15)3-2-4-12(13)16-9-14(10-16)5-7-18-8-6-14/h2-4H,5-10,15H2,1H3. The van der Waals surface area contributed by atoms with Gasteiger partial charge in [0.25, 0.3) is 0 Å². The maximum atomic E-state index is 5.95. The molecule has 0 atom stereocenters. The molecule has 0 radical (unpaired) electrons. The Morgan fingerprint density at radius 1 is 1.28 bits per heavy atom. The van der Waals surface area contributed by atoms with Crippen molar-refractivity contribution in [3.05, 3.63) is 18.2 Å². The molecule has 3 rings (SSSR count). The number of rotatable bonds is 2. The molecule has 0 amide bonds. The number of nitrogens with two attached hydrogens (primary N) is 1. The van der Waals surface area contributed by atoms with Crippen molar-refractivity contribution in [3.8, 4) is 5.75 Å². The Labute approximate surface area is 108 Å². The molecule has 98 valence electrons. The van der Waals surface area contributed by atoms with E-state index in [2.05, 4.69) is 11.0 Å². The molecule has 0 unspecified atom stereocenters. The fourth-order valence-corrected chi connectivity index (χ4v) is 3.07. The number of hydrogen-bond donors (Lipinski definition) is 1. The van der Waals surface area contributed by atoms with Crippen LogP contribution in [0.4, 0.5) is 11.4 Å². The van der Waals surface area contributed by atoms with Gasteiger partial charge in [0.2, 0.25) is 0 Å². The zero-order chi connectivity index (χ0) is 12.6. The van der Waals surface area contributed by atoms with Gasteiger partial charge in [-0.25, -0.2) is 0 Å². The summed E-state index contributed by atoms with van der Waals surface area (Å²) in [4.78, 5) is 2.36. The highest BCUT2D eigenvalue weighted by atomic mass is 16.5. The van der Waals surface area contributed by atoms with Gasteiger partial charge in [-0.05, 0) is 25.0 Å². The van der Waals surface area contributed by atoms with Crippen molar-refractivity contribution in [2.45, 2.75) is 12.8 Å². The summed E-state index contributed by atoms with van der Waals surface area (Å²) in [5.74, 6) is 0.805. The van der Waals surface area contributed by atoms with Gasteiger partial charge in [0.05, 0.1) is 18.5 Å². The first-order valence-electron chi connectivity index (χ1n) is 6.49. The highest BCUT2D eigenvalue weighted by Crippen LogP contribution is 2.45. The summed E-state index contributed by atoms with van der Waals surface area (Å²) >= 11 is 0. The molecular weight excluding hydrogens is 228 g/mol. The third-order valence-corrected chi connectivity index (χ3v) is 4.18. The summed E-state index contributed by atoms with van der Waals surface area (Å²) < 4.78 is 10.9. The van der Waals surface area contributed by atoms with Gasteiger partial charge < -0.3 is 20.1 Å². The number of anilines is 2. The largest absolute Gasteiger partial charge is 0.492 e. The van der Waals surface area contributed by atoms with Crippen molar-refractivity contribution in [1.29, 1.82) is 0 Å². The first-order chi connectivity index (χ1) is 8.74. The molecule has 2 aliphatic rings. The highest BCUT2D eigenvalue weighted by molar-refractivity contribution is 5.71. The molecule has 0 saturated carbocycles. The van der Waals surface area contributed by atoms with E-state index in [0.29, 0.717) is 11.1 Å². The molecule has 2 fully saturated rings. The van der Waals surface area contributed by atoms with Gasteiger partial charge in [-0.3, -0.25) is 0 Å². The van der Waals surface area contributed by atoms with Crippen molar-refractivity contribution in [2.75, 3.05) is 44.0 Å². The Morgan fingerprint density at radius 2 is 2.00 bits per heavy atom. The first-order valence-corrected chi connectivity index (χ1v) is 6.49. The topological polar surface area (TPSA) is 47.7 Å². The normalized spacial score (nSPS) is 21.7. The van der Waals surface area contributed by atoms with Crippen LogP contribution < -0.4 is 15.4 Å². The Hall–Kier alpha value is -1.42. The number of para-hydroxylation sites is 1. The minimum absolute atomic E-state index is 0.466. The van der Waals surface area contributed by atoms with E-state index in [0.717, 1.165) is 37.7 Å². The molecule has 2 heterocycles. The molecule has 2 saturated heterocycles. The van der Waals surface area contributed by atoms with Crippen LogP contribution in [0.1, 0.15) is 12.8 Å². The zero-order valence-corrected chi connectivity index (χ0v) is 10.8. The number of nitrogen functional groups attached to an aromatic ring is 1. The molecule has 1 spiro atoms. The lowest BCUT2D eigenvalue weighted by Crippen LogP contribution is -2.58. The fraction of sp³-hybridized carbons (Fsp3) is 0.571. The van der Waals surface area contributed by atoms with Crippen LogP contribution in [0.15, 0.2) is 18.2 Å². The predicted molar refractivity (Wildman–Crippen MR) is 72.1 cm³/mol. The van der Waals surface area contributed by atoms with Gasteiger partial charge >= 0.3 is 0 Å². The van der Waals surface area contributed by atoms with Crippen LogP contribution in [0.25, 0.3) is 0 Å². The lowest BCUT2D eigenvalue weighted by atomic mass is 9.73. The number of nitrogens with zero attached hydrogens (tertiary/aromatic N) is 1. The molecule has 0 aliphatic carbocycles. The van der Waals surface area contributed by atoms with Gasteiger partial charge in [-0.2, -0.15) is 0 Å². The van der Waals surface area contributed by atoms with E-state index in [1.807, 2.05) is 12.1 Å². The third-order valence-electron chi connectivity index (χ3n) is 4.18. The molecule has 2 N–H and O–H groups in total. The quantitative estimate of drug-likeness (QED) is 0.812. The summed E-state index contributed by atoms with van der Waals surface area (Å²) in [5, 5.41) is 0. The van der Waals surface area contributed by atoms with Crippen molar-refractivity contribution in [3.63, 3.8) is 0 Å². The van der Waals surface area contributed by atoms with Gasteiger partial charge in [0.15, 0.2) is 5.75 Å². The van der Waals surface area contributed by atoms with E-state index in [1.54, 1.807) is 7.11 Å². The molecule has 0 aromatic heterocycles. The maximum Gasteiger partial charge on any atom is 0.165 e. The van der Waals surface area contributed by atoms with E-state index in [1.165, 1.54) is 12.8 Å². The second-order valence-corrected chi connectivity index (χ2v) is 5.37. The number of hydrogen-bond acceptors (Lipinski definition) is 4. The van der Waals surface area contributed by atoms with Crippen LogP contribution in [-0.2, 0) is 4.74 Å². The molecule has 18 heavy (non-hydrogen) atoms. The molecular formula is C14H20N2O2. The molecule has 4 nitrogen and oxygen atoms in total. The van der Waals surface area contributed by atoms with Gasteiger partial charge in [0.1, 0.15) is 0 Å². The number of benzene rings is 1. The van der Waals surface area contributed by atoms with E-state index in [9.17, 15) is 0 Å². The summed E-state index contributed by atoms with van der Waals surface area (Å²) in [7, 11) is 1.68. The van der Waals surface area contributed by atoms with Crippen LogP contribution in [0.3, 0.4) is 0 Å². The Bertz CT molecular complexity index is 433. The van der Waals surface area contributed by atoms with Gasteiger partial charge in [-0.1, -0.05) is 6.07 Å². The Balaban J connectivity index is 1.76. The fourth-order valence-electron chi connectivity index (χ4n) is 3.07. The third kappa shape index (κ3) is 1.81. The van der Waals surface area contributed by atoms with Crippen LogP contribution in [0.2, 0.25) is 0 Å². The Morgan fingerprint density at radius 3 is 2.67 bits per heavy atom. The minimum atomic E-state index is 0.466. The van der Waals surface area contributed by atoms with E-state index in [-0.39, 0.29) is 0 Å². The number of ether oxygens (including phenoxy) is 2.